The topological polar surface area (TPSA) is 77.2 Å². The number of carbonyl (C=O) groups is 1. The SMILES string of the molecule is CCOC(=O)c1cc(N)ccc1NCc1cnccc1C. The van der Waals surface area contributed by atoms with Crippen LogP contribution in [-0.2, 0) is 11.3 Å². The van der Waals surface area contributed by atoms with E-state index in [9.17, 15) is 4.79 Å². The van der Waals surface area contributed by atoms with Crippen LogP contribution in [0.3, 0.4) is 0 Å². The van der Waals surface area contributed by atoms with Gasteiger partial charge in [0.1, 0.15) is 0 Å². The fourth-order valence-corrected chi connectivity index (χ4v) is 1.97. The molecule has 0 aliphatic carbocycles. The molecule has 1 aromatic heterocycles. The second-order valence-corrected chi connectivity index (χ2v) is 4.68. The van der Waals surface area contributed by atoms with Crippen molar-refractivity contribution in [2.75, 3.05) is 17.7 Å². The molecule has 0 amide bonds. The molecule has 21 heavy (non-hydrogen) atoms. The highest BCUT2D eigenvalue weighted by Crippen LogP contribution is 2.21. The molecule has 0 radical (unpaired) electrons. The van der Waals surface area contributed by atoms with Crippen molar-refractivity contribution in [1.82, 2.24) is 4.98 Å². The summed E-state index contributed by atoms with van der Waals surface area (Å²) < 4.78 is 5.05. The van der Waals surface area contributed by atoms with Gasteiger partial charge < -0.3 is 15.8 Å². The van der Waals surface area contributed by atoms with Crippen LogP contribution in [0.1, 0.15) is 28.4 Å². The normalized spacial score (nSPS) is 10.2. The van der Waals surface area contributed by atoms with Crippen LogP contribution < -0.4 is 11.1 Å². The predicted molar refractivity (Wildman–Crippen MR) is 83.1 cm³/mol. The van der Waals surface area contributed by atoms with E-state index in [2.05, 4.69) is 10.3 Å². The van der Waals surface area contributed by atoms with Crippen LogP contribution in [0.5, 0.6) is 0 Å². The van der Waals surface area contributed by atoms with E-state index in [0.717, 1.165) is 11.1 Å². The Morgan fingerprint density at radius 2 is 2.19 bits per heavy atom. The maximum absolute atomic E-state index is 12.0. The van der Waals surface area contributed by atoms with Gasteiger partial charge >= 0.3 is 5.97 Å². The number of hydrogen-bond acceptors (Lipinski definition) is 5. The summed E-state index contributed by atoms with van der Waals surface area (Å²) in [6, 6.07) is 7.11. The Kier molecular flexibility index (Phi) is 4.77. The molecule has 5 nitrogen and oxygen atoms in total. The molecule has 2 rings (SSSR count). The summed E-state index contributed by atoms with van der Waals surface area (Å²) in [4.78, 5) is 16.1. The first kappa shape index (κ1) is 14.8. The molecule has 0 aliphatic rings. The molecule has 0 saturated heterocycles. The van der Waals surface area contributed by atoms with E-state index in [1.807, 2.05) is 19.2 Å². The van der Waals surface area contributed by atoms with Crippen LogP contribution in [0.4, 0.5) is 11.4 Å². The fraction of sp³-hybridized carbons (Fsp3) is 0.250. The molecule has 0 spiro atoms. The van der Waals surface area contributed by atoms with E-state index in [1.165, 1.54) is 0 Å². The number of nitrogens with one attached hydrogen (secondary N) is 1. The highest BCUT2D eigenvalue weighted by Gasteiger charge is 2.13. The number of nitrogen functional groups attached to an aromatic ring is 1. The van der Waals surface area contributed by atoms with Gasteiger partial charge in [0, 0.05) is 30.3 Å². The number of aromatic nitrogens is 1. The van der Waals surface area contributed by atoms with Gasteiger partial charge in [0.2, 0.25) is 0 Å². The summed E-state index contributed by atoms with van der Waals surface area (Å²) in [6.45, 7) is 4.70. The largest absolute Gasteiger partial charge is 0.462 e. The van der Waals surface area contributed by atoms with Crippen molar-refractivity contribution in [3.8, 4) is 0 Å². The maximum Gasteiger partial charge on any atom is 0.340 e. The Labute approximate surface area is 124 Å². The van der Waals surface area contributed by atoms with Crippen LogP contribution >= 0.6 is 0 Å². The number of nitrogens with two attached hydrogens (primary N) is 1. The zero-order valence-electron chi connectivity index (χ0n) is 12.2. The van der Waals surface area contributed by atoms with Gasteiger partial charge in [-0.2, -0.15) is 0 Å². The van der Waals surface area contributed by atoms with Crippen molar-refractivity contribution in [2.24, 2.45) is 0 Å². The lowest BCUT2D eigenvalue weighted by Crippen LogP contribution is -2.11. The van der Waals surface area contributed by atoms with Crippen molar-refractivity contribution in [3.05, 3.63) is 53.3 Å². The second-order valence-electron chi connectivity index (χ2n) is 4.68. The molecule has 0 aliphatic heterocycles. The minimum atomic E-state index is -0.379. The maximum atomic E-state index is 12.0. The van der Waals surface area contributed by atoms with E-state index >= 15 is 0 Å². The molecule has 0 unspecified atom stereocenters. The van der Waals surface area contributed by atoms with Crippen LogP contribution in [0.15, 0.2) is 36.7 Å². The number of anilines is 2. The van der Waals surface area contributed by atoms with Crippen molar-refractivity contribution in [1.29, 1.82) is 0 Å². The van der Waals surface area contributed by atoms with E-state index in [1.54, 1.807) is 31.3 Å². The summed E-state index contributed by atoms with van der Waals surface area (Å²) in [7, 11) is 0. The molecule has 1 heterocycles. The number of hydrogen-bond donors (Lipinski definition) is 2. The van der Waals surface area contributed by atoms with E-state index in [0.29, 0.717) is 30.1 Å². The summed E-state index contributed by atoms with van der Waals surface area (Å²) in [5, 5.41) is 3.24. The minimum Gasteiger partial charge on any atom is -0.462 e. The van der Waals surface area contributed by atoms with Crippen LogP contribution in [-0.4, -0.2) is 17.6 Å². The molecule has 1 aromatic carbocycles. The van der Waals surface area contributed by atoms with Crippen molar-refractivity contribution in [2.45, 2.75) is 20.4 Å². The summed E-state index contributed by atoms with van der Waals surface area (Å²) in [5.74, 6) is -0.379. The quantitative estimate of drug-likeness (QED) is 0.652. The van der Waals surface area contributed by atoms with Crippen LogP contribution in [0.25, 0.3) is 0 Å². The fourth-order valence-electron chi connectivity index (χ4n) is 1.97. The van der Waals surface area contributed by atoms with Gasteiger partial charge in [0.05, 0.1) is 12.2 Å². The number of ether oxygens (including phenoxy) is 1. The average molecular weight is 285 g/mol. The number of pyridine rings is 1. The number of benzene rings is 1. The molecule has 0 atom stereocenters. The molecule has 110 valence electrons. The van der Waals surface area contributed by atoms with E-state index in [4.69, 9.17) is 10.5 Å². The molecule has 0 bridgehead atoms. The smallest absolute Gasteiger partial charge is 0.340 e. The lowest BCUT2D eigenvalue weighted by molar-refractivity contribution is 0.0527. The van der Waals surface area contributed by atoms with Crippen LogP contribution in [0.2, 0.25) is 0 Å². The molecule has 0 fully saturated rings. The Morgan fingerprint density at radius 3 is 2.90 bits per heavy atom. The number of carbonyl (C=O) groups excluding carboxylic acids is 1. The van der Waals surface area contributed by atoms with Crippen molar-refractivity contribution in [3.63, 3.8) is 0 Å². The molecular formula is C16H19N3O2. The first-order valence-corrected chi connectivity index (χ1v) is 6.81. The molecule has 5 heteroatoms. The number of esters is 1. The third-order valence-electron chi connectivity index (χ3n) is 3.16. The third-order valence-corrected chi connectivity index (χ3v) is 3.16. The van der Waals surface area contributed by atoms with Crippen molar-refractivity contribution < 1.29 is 9.53 Å². The lowest BCUT2D eigenvalue weighted by atomic mass is 10.1. The first-order chi connectivity index (χ1) is 10.1. The van der Waals surface area contributed by atoms with Gasteiger partial charge in [0.25, 0.3) is 0 Å². The standard InChI is InChI=1S/C16H19N3O2/c1-3-21-16(20)14-8-13(17)4-5-15(14)19-10-12-9-18-7-6-11(12)2/h4-9,19H,3,10,17H2,1-2H3. The molecule has 2 aromatic rings. The van der Waals surface area contributed by atoms with Crippen molar-refractivity contribution >= 4 is 17.3 Å². The highest BCUT2D eigenvalue weighted by molar-refractivity contribution is 5.96. The Hall–Kier alpha value is -2.56. The predicted octanol–water partition coefficient (Wildman–Crippen LogP) is 2.76. The van der Waals surface area contributed by atoms with Gasteiger partial charge in [-0.1, -0.05) is 0 Å². The summed E-state index contributed by atoms with van der Waals surface area (Å²) in [6.07, 6.45) is 3.57. The Morgan fingerprint density at radius 1 is 1.38 bits per heavy atom. The highest BCUT2D eigenvalue weighted by atomic mass is 16.5. The minimum absolute atomic E-state index is 0.328. The Bertz CT molecular complexity index is 641. The number of rotatable bonds is 5. The van der Waals surface area contributed by atoms with Crippen LogP contribution in [0, 0.1) is 6.92 Å². The van der Waals surface area contributed by atoms with Gasteiger partial charge in [-0.3, -0.25) is 4.98 Å². The second kappa shape index (κ2) is 6.74. The van der Waals surface area contributed by atoms with Gasteiger partial charge in [-0.05, 0) is 49.2 Å². The van der Waals surface area contributed by atoms with Gasteiger partial charge in [-0.25, -0.2) is 4.79 Å². The van der Waals surface area contributed by atoms with Gasteiger partial charge in [0.15, 0.2) is 0 Å². The molecule has 0 saturated carbocycles. The zero-order chi connectivity index (χ0) is 15.2. The first-order valence-electron chi connectivity index (χ1n) is 6.81. The van der Waals surface area contributed by atoms with E-state index < -0.39 is 0 Å². The number of nitrogens with zero attached hydrogens (tertiary/aromatic N) is 1. The number of aryl methyl sites for hydroxylation is 1. The Balaban J connectivity index is 2.20. The summed E-state index contributed by atoms with van der Waals surface area (Å²) >= 11 is 0. The summed E-state index contributed by atoms with van der Waals surface area (Å²) in [5.41, 5.74) is 9.64. The van der Waals surface area contributed by atoms with Gasteiger partial charge in [-0.15, -0.1) is 0 Å². The van der Waals surface area contributed by atoms with E-state index in [-0.39, 0.29) is 5.97 Å². The monoisotopic (exact) mass is 285 g/mol. The third kappa shape index (κ3) is 3.72. The lowest BCUT2D eigenvalue weighted by Gasteiger charge is -2.13. The average Bonchev–Trinajstić information content (AvgIpc) is 2.47. The molecular weight excluding hydrogens is 266 g/mol. The zero-order valence-corrected chi connectivity index (χ0v) is 12.2. The molecule has 3 N–H and O–H groups in total.